The number of carbonyl (C=O) groups is 1. The molecule has 1 atom stereocenters. The van der Waals surface area contributed by atoms with E-state index in [-0.39, 0.29) is 18.2 Å². The maximum absolute atomic E-state index is 11.6. The molecule has 3 aromatic rings. The van der Waals surface area contributed by atoms with Gasteiger partial charge in [-0.05, 0) is 71.8 Å². The quantitative estimate of drug-likeness (QED) is 0.562. The molecule has 0 aromatic heterocycles. The molecule has 158 valence electrons. The van der Waals surface area contributed by atoms with Crippen LogP contribution in [0.3, 0.4) is 0 Å². The van der Waals surface area contributed by atoms with Gasteiger partial charge in [-0.2, -0.15) is 0 Å². The first-order chi connectivity index (χ1) is 15.1. The van der Waals surface area contributed by atoms with Gasteiger partial charge in [0.1, 0.15) is 5.75 Å². The normalized spacial score (nSPS) is 18.3. The van der Waals surface area contributed by atoms with Gasteiger partial charge in [-0.15, -0.1) is 0 Å². The standard InChI is InChI=1S/C26H26N2O2S/c27-24(30)15-17-4-1-2-5-19(17)18-8-9-20-23(14-18)31-26-21(6-3-7-22(26)29)25(20)16-10-12-28-13-11-16/h1-9,14,16,25,28-29H,10-13,15H2,(H2,27,30). The van der Waals surface area contributed by atoms with Crippen molar-refractivity contribution in [3.63, 3.8) is 0 Å². The summed E-state index contributed by atoms with van der Waals surface area (Å²) in [5.41, 5.74) is 11.1. The van der Waals surface area contributed by atoms with Crippen LogP contribution in [0.5, 0.6) is 5.75 Å². The van der Waals surface area contributed by atoms with Crippen LogP contribution in [0, 0.1) is 5.92 Å². The lowest BCUT2D eigenvalue weighted by Gasteiger charge is -2.36. The number of nitrogens with one attached hydrogen (secondary N) is 1. The van der Waals surface area contributed by atoms with E-state index in [0.29, 0.717) is 11.7 Å². The Labute approximate surface area is 186 Å². The van der Waals surface area contributed by atoms with E-state index in [2.05, 4.69) is 29.6 Å². The Kier molecular flexibility index (Phi) is 5.47. The second-order valence-electron chi connectivity index (χ2n) is 8.42. The molecule has 0 spiro atoms. The highest BCUT2D eigenvalue weighted by atomic mass is 32.2. The molecule has 4 N–H and O–H groups in total. The number of hydrogen-bond donors (Lipinski definition) is 3. The van der Waals surface area contributed by atoms with E-state index in [1.54, 1.807) is 17.8 Å². The Balaban J connectivity index is 1.61. The number of aromatic hydroxyl groups is 1. The molecule has 5 heteroatoms. The molecule has 0 radical (unpaired) electrons. The number of piperidine rings is 1. The van der Waals surface area contributed by atoms with Crippen LogP contribution in [-0.4, -0.2) is 24.1 Å². The predicted octanol–water partition coefficient (Wildman–Crippen LogP) is 4.68. The molecule has 4 nitrogen and oxygen atoms in total. The molecule has 0 saturated carbocycles. The van der Waals surface area contributed by atoms with E-state index >= 15 is 0 Å². The molecule has 3 aromatic carbocycles. The lowest BCUT2D eigenvalue weighted by atomic mass is 9.75. The smallest absolute Gasteiger partial charge is 0.221 e. The molecule has 1 saturated heterocycles. The van der Waals surface area contributed by atoms with Crippen molar-refractivity contribution in [2.24, 2.45) is 11.7 Å². The Hall–Kier alpha value is -2.76. The molecule has 0 aliphatic carbocycles. The largest absolute Gasteiger partial charge is 0.507 e. The fourth-order valence-electron chi connectivity index (χ4n) is 5.05. The zero-order valence-corrected chi connectivity index (χ0v) is 18.1. The average molecular weight is 431 g/mol. The monoisotopic (exact) mass is 430 g/mol. The van der Waals surface area contributed by atoms with Crippen LogP contribution < -0.4 is 11.1 Å². The average Bonchev–Trinajstić information content (AvgIpc) is 2.78. The highest BCUT2D eigenvalue weighted by molar-refractivity contribution is 7.99. The summed E-state index contributed by atoms with van der Waals surface area (Å²) in [6, 6.07) is 20.5. The maximum atomic E-state index is 11.6. The summed E-state index contributed by atoms with van der Waals surface area (Å²) < 4.78 is 0. The molecule has 2 heterocycles. The van der Waals surface area contributed by atoms with E-state index in [0.717, 1.165) is 47.5 Å². The van der Waals surface area contributed by atoms with E-state index < -0.39 is 0 Å². The Morgan fingerprint density at radius 2 is 1.84 bits per heavy atom. The number of phenolic OH excluding ortho intramolecular Hbond substituents is 1. The van der Waals surface area contributed by atoms with Crippen LogP contribution in [0.2, 0.25) is 0 Å². The molecule has 1 fully saturated rings. The van der Waals surface area contributed by atoms with Gasteiger partial charge in [-0.1, -0.05) is 60.3 Å². The topological polar surface area (TPSA) is 75.4 Å². The van der Waals surface area contributed by atoms with E-state index in [9.17, 15) is 9.90 Å². The number of fused-ring (bicyclic) bond motifs is 2. The summed E-state index contributed by atoms with van der Waals surface area (Å²) >= 11 is 1.65. The Morgan fingerprint density at radius 3 is 2.65 bits per heavy atom. The molecule has 0 bridgehead atoms. The Morgan fingerprint density at radius 1 is 1.03 bits per heavy atom. The van der Waals surface area contributed by atoms with Gasteiger partial charge in [0.15, 0.2) is 0 Å². The van der Waals surface area contributed by atoms with Gasteiger partial charge >= 0.3 is 0 Å². The zero-order chi connectivity index (χ0) is 21.4. The third-order valence-electron chi connectivity index (χ3n) is 6.47. The minimum Gasteiger partial charge on any atom is -0.507 e. The highest BCUT2D eigenvalue weighted by Gasteiger charge is 2.34. The number of benzene rings is 3. The fraction of sp³-hybridized carbons (Fsp3) is 0.269. The first kappa shape index (κ1) is 20.2. The lowest BCUT2D eigenvalue weighted by Crippen LogP contribution is -2.32. The highest BCUT2D eigenvalue weighted by Crippen LogP contribution is 2.53. The van der Waals surface area contributed by atoms with Gasteiger partial charge < -0.3 is 16.2 Å². The molecule has 1 unspecified atom stereocenters. The van der Waals surface area contributed by atoms with Crippen LogP contribution in [0.4, 0.5) is 0 Å². The molecule has 5 rings (SSSR count). The summed E-state index contributed by atoms with van der Waals surface area (Å²) in [4.78, 5) is 13.7. The maximum Gasteiger partial charge on any atom is 0.221 e. The predicted molar refractivity (Wildman–Crippen MR) is 124 cm³/mol. The zero-order valence-electron chi connectivity index (χ0n) is 17.3. The summed E-state index contributed by atoms with van der Waals surface area (Å²) in [5, 5.41) is 14.1. The second-order valence-corrected chi connectivity index (χ2v) is 9.47. The fourth-order valence-corrected chi connectivity index (χ4v) is 6.26. The van der Waals surface area contributed by atoms with Crippen LogP contribution >= 0.6 is 11.8 Å². The first-order valence-electron chi connectivity index (χ1n) is 10.8. The van der Waals surface area contributed by atoms with Gasteiger partial charge in [0.2, 0.25) is 5.91 Å². The summed E-state index contributed by atoms with van der Waals surface area (Å²) in [6.07, 6.45) is 2.49. The van der Waals surface area contributed by atoms with Gasteiger partial charge in [0.05, 0.1) is 11.3 Å². The van der Waals surface area contributed by atoms with E-state index in [4.69, 9.17) is 5.73 Å². The van der Waals surface area contributed by atoms with Crippen LogP contribution in [0.1, 0.15) is 35.4 Å². The number of hydrogen-bond acceptors (Lipinski definition) is 4. The minimum absolute atomic E-state index is 0.224. The summed E-state index contributed by atoms with van der Waals surface area (Å²) in [5.74, 6) is 0.862. The van der Waals surface area contributed by atoms with Crippen molar-refractivity contribution in [1.29, 1.82) is 0 Å². The van der Waals surface area contributed by atoms with Crippen LogP contribution in [0.25, 0.3) is 11.1 Å². The van der Waals surface area contributed by atoms with Crippen molar-refractivity contribution >= 4 is 17.7 Å². The molecule has 31 heavy (non-hydrogen) atoms. The van der Waals surface area contributed by atoms with Gasteiger partial charge in [-0.3, -0.25) is 4.79 Å². The molecular weight excluding hydrogens is 404 g/mol. The summed E-state index contributed by atoms with van der Waals surface area (Å²) in [6.45, 7) is 2.08. The van der Waals surface area contributed by atoms with Crippen molar-refractivity contribution in [3.05, 3.63) is 77.4 Å². The van der Waals surface area contributed by atoms with Gasteiger partial charge in [-0.25, -0.2) is 0 Å². The Bertz CT molecular complexity index is 1140. The number of phenols is 1. The van der Waals surface area contributed by atoms with E-state index in [1.807, 2.05) is 30.3 Å². The van der Waals surface area contributed by atoms with Gasteiger partial charge in [0.25, 0.3) is 0 Å². The third-order valence-corrected chi connectivity index (χ3v) is 7.69. The lowest BCUT2D eigenvalue weighted by molar-refractivity contribution is -0.117. The first-order valence-corrected chi connectivity index (χ1v) is 11.6. The molecular formula is C26H26N2O2S. The number of carbonyl (C=O) groups excluding carboxylic acids is 1. The van der Waals surface area contributed by atoms with Gasteiger partial charge in [0, 0.05) is 10.8 Å². The SMILES string of the molecule is NC(=O)Cc1ccccc1-c1ccc2c(c1)Sc1c(O)cccc1C2C1CCNCC1. The number of nitrogens with two attached hydrogens (primary N) is 1. The van der Waals surface area contributed by atoms with Crippen molar-refractivity contribution in [1.82, 2.24) is 5.32 Å². The third kappa shape index (κ3) is 3.84. The van der Waals surface area contributed by atoms with Crippen LogP contribution in [-0.2, 0) is 11.2 Å². The molecule has 2 aliphatic rings. The minimum atomic E-state index is -0.329. The van der Waals surface area contributed by atoms with E-state index in [1.165, 1.54) is 16.0 Å². The van der Waals surface area contributed by atoms with Crippen molar-refractivity contribution in [3.8, 4) is 16.9 Å². The molecule has 2 aliphatic heterocycles. The summed E-state index contributed by atoms with van der Waals surface area (Å²) in [7, 11) is 0. The van der Waals surface area contributed by atoms with Crippen LogP contribution in [0.15, 0.2) is 70.5 Å². The number of primary amides is 1. The number of rotatable bonds is 4. The van der Waals surface area contributed by atoms with Crippen molar-refractivity contribution in [2.75, 3.05) is 13.1 Å². The number of amides is 1. The van der Waals surface area contributed by atoms with Crippen molar-refractivity contribution < 1.29 is 9.90 Å². The molecule has 1 amide bonds. The second kappa shape index (κ2) is 8.40. The van der Waals surface area contributed by atoms with Crippen molar-refractivity contribution in [2.45, 2.75) is 35.0 Å².